The van der Waals surface area contributed by atoms with E-state index >= 15 is 0 Å². The van der Waals surface area contributed by atoms with E-state index in [-0.39, 0.29) is 16.2 Å². The number of imidazole rings is 1. The van der Waals surface area contributed by atoms with Crippen LogP contribution in [0.4, 0.5) is 4.39 Å². The summed E-state index contributed by atoms with van der Waals surface area (Å²) < 4.78 is 13.6. The molecule has 0 bridgehead atoms. The Morgan fingerprint density at radius 2 is 1.79 bits per heavy atom. The highest BCUT2D eigenvalue weighted by molar-refractivity contribution is 6.39. The number of aromatic nitrogens is 3. The maximum Gasteiger partial charge on any atom is 0.167 e. The van der Waals surface area contributed by atoms with E-state index in [2.05, 4.69) is 15.0 Å². The first-order chi connectivity index (χ1) is 9.08. The molecule has 0 aliphatic carbocycles. The first-order valence-electron chi connectivity index (χ1n) is 5.22. The van der Waals surface area contributed by atoms with E-state index in [0.717, 1.165) is 6.20 Å². The molecule has 0 spiro atoms. The third-order valence-electron chi connectivity index (χ3n) is 2.63. The summed E-state index contributed by atoms with van der Waals surface area (Å²) in [4.78, 5) is 10.7. The topological polar surface area (TPSA) is 41.6 Å². The second-order valence-corrected chi connectivity index (χ2v) is 4.98. The predicted octanol–water partition coefficient (Wildman–Crippen LogP) is 4.72. The fourth-order valence-electron chi connectivity index (χ4n) is 1.78. The van der Waals surface area contributed by atoms with Crippen LogP contribution in [0.3, 0.4) is 0 Å². The Labute approximate surface area is 122 Å². The molecule has 0 amide bonds. The number of H-pyrrole nitrogens is 1. The number of hydrogen-bond acceptors (Lipinski definition) is 2. The van der Waals surface area contributed by atoms with Gasteiger partial charge in [-0.1, -0.05) is 40.9 Å². The molecule has 0 fully saturated rings. The number of fused-ring (bicyclic) bond motifs is 1. The zero-order valence-electron chi connectivity index (χ0n) is 9.22. The molecule has 0 radical (unpaired) electrons. The molecule has 0 aliphatic rings. The van der Waals surface area contributed by atoms with Gasteiger partial charge in [0.05, 0.1) is 21.8 Å². The van der Waals surface area contributed by atoms with E-state index in [9.17, 15) is 4.39 Å². The van der Waals surface area contributed by atoms with Crippen molar-refractivity contribution in [2.45, 2.75) is 0 Å². The summed E-state index contributed by atoms with van der Waals surface area (Å²) >= 11 is 18.1. The van der Waals surface area contributed by atoms with Crippen LogP contribution in [0.5, 0.6) is 0 Å². The average Bonchev–Trinajstić information content (AvgIpc) is 2.80. The van der Waals surface area contributed by atoms with Crippen LogP contribution in [-0.2, 0) is 0 Å². The van der Waals surface area contributed by atoms with Gasteiger partial charge in [-0.15, -0.1) is 0 Å². The second-order valence-electron chi connectivity index (χ2n) is 3.80. The molecule has 3 aromatic rings. The molecule has 0 aliphatic heterocycles. The quantitative estimate of drug-likeness (QED) is 0.660. The van der Waals surface area contributed by atoms with Gasteiger partial charge in [-0.2, -0.15) is 0 Å². The van der Waals surface area contributed by atoms with E-state index in [1.807, 2.05) is 0 Å². The van der Waals surface area contributed by atoms with Crippen LogP contribution in [0.2, 0.25) is 15.2 Å². The Balaban J connectivity index is 2.33. The molecule has 0 unspecified atom stereocenters. The van der Waals surface area contributed by atoms with Gasteiger partial charge < -0.3 is 4.98 Å². The lowest BCUT2D eigenvalue weighted by atomic mass is 10.2. The summed E-state index contributed by atoms with van der Waals surface area (Å²) in [6.45, 7) is 0. The van der Waals surface area contributed by atoms with Crippen LogP contribution in [0.25, 0.3) is 22.4 Å². The van der Waals surface area contributed by atoms with E-state index < -0.39 is 5.82 Å². The second kappa shape index (κ2) is 4.63. The van der Waals surface area contributed by atoms with Gasteiger partial charge in [-0.3, -0.25) is 0 Å². The summed E-state index contributed by atoms with van der Waals surface area (Å²) in [5.41, 5.74) is 0.913. The number of benzene rings is 1. The molecule has 0 saturated heterocycles. The van der Waals surface area contributed by atoms with Crippen LogP contribution in [-0.4, -0.2) is 15.0 Å². The highest BCUT2D eigenvalue weighted by atomic mass is 35.5. The Kier molecular flexibility index (Phi) is 3.09. The van der Waals surface area contributed by atoms with Crippen molar-refractivity contribution in [3.8, 4) is 11.4 Å². The van der Waals surface area contributed by atoms with E-state index in [1.165, 1.54) is 0 Å². The molecule has 3 rings (SSSR count). The van der Waals surface area contributed by atoms with Crippen molar-refractivity contribution in [3.63, 3.8) is 0 Å². The van der Waals surface area contributed by atoms with Gasteiger partial charge in [0.1, 0.15) is 16.9 Å². The highest BCUT2D eigenvalue weighted by Gasteiger charge is 2.16. The monoisotopic (exact) mass is 315 g/mol. The molecule has 19 heavy (non-hydrogen) atoms. The Morgan fingerprint density at radius 1 is 1.11 bits per heavy atom. The first kappa shape index (κ1) is 12.7. The highest BCUT2D eigenvalue weighted by Crippen LogP contribution is 2.34. The minimum atomic E-state index is -0.540. The number of nitrogens with zero attached hydrogens (tertiary/aromatic N) is 2. The lowest BCUT2D eigenvalue weighted by molar-refractivity contribution is 0.631. The van der Waals surface area contributed by atoms with Crippen molar-refractivity contribution < 1.29 is 4.39 Å². The Bertz CT molecular complexity index is 726. The summed E-state index contributed by atoms with van der Waals surface area (Å²) in [6, 6.07) is 5.06. The smallest absolute Gasteiger partial charge is 0.167 e. The normalized spacial score (nSPS) is 11.2. The van der Waals surface area contributed by atoms with Gasteiger partial charge in [0.25, 0.3) is 0 Å². The van der Waals surface area contributed by atoms with E-state index in [1.54, 1.807) is 18.2 Å². The van der Waals surface area contributed by atoms with Gasteiger partial charge >= 0.3 is 0 Å². The Hall–Kier alpha value is -1.36. The molecule has 2 heterocycles. The first-order valence-corrected chi connectivity index (χ1v) is 6.35. The van der Waals surface area contributed by atoms with E-state index in [4.69, 9.17) is 34.8 Å². The van der Waals surface area contributed by atoms with Crippen molar-refractivity contribution in [2.24, 2.45) is 0 Å². The summed E-state index contributed by atoms with van der Waals surface area (Å²) in [6.07, 6.45) is 1.03. The third-order valence-corrected chi connectivity index (χ3v) is 3.54. The predicted molar refractivity (Wildman–Crippen MR) is 74.3 cm³/mol. The molecule has 1 N–H and O–H groups in total. The fraction of sp³-hybridized carbons (Fsp3) is 0. The summed E-state index contributed by atoms with van der Waals surface area (Å²) in [5.74, 6) is -0.194. The number of nitrogens with one attached hydrogen (secondary N) is 1. The van der Waals surface area contributed by atoms with Crippen LogP contribution in [0.1, 0.15) is 0 Å². The van der Waals surface area contributed by atoms with Gasteiger partial charge in [0, 0.05) is 0 Å². The van der Waals surface area contributed by atoms with Crippen LogP contribution < -0.4 is 0 Å². The summed E-state index contributed by atoms with van der Waals surface area (Å²) in [7, 11) is 0. The molecule has 3 nitrogen and oxygen atoms in total. The SMILES string of the molecule is Fc1cnc(Cl)c2nc(-c3c(Cl)cccc3Cl)[nH]c12. The number of pyridine rings is 1. The van der Waals surface area contributed by atoms with Crippen molar-refractivity contribution in [1.82, 2.24) is 15.0 Å². The van der Waals surface area contributed by atoms with Crippen LogP contribution >= 0.6 is 34.8 Å². The zero-order chi connectivity index (χ0) is 13.6. The lowest BCUT2D eigenvalue weighted by Crippen LogP contribution is -1.83. The standard InChI is InChI=1S/C12H5Cl3FN3/c13-5-2-1-3-6(14)8(5)12-18-9-7(16)4-17-11(15)10(9)19-12/h1-4H,(H,18,19). The molecule has 2 aromatic heterocycles. The van der Waals surface area contributed by atoms with Gasteiger partial charge in [-0.05, 0) is 12.1 Å². The number of halogens is 4. The maximum absolute atomic E-state index is 13.6. The molecule has 0 saturated carbocycles. The van der Waals surface area contributed by atoms with E-state index in [0.29, 0.717) is 21.4 Å². The largest absolute Gasteiger partial charge is 0.335 e. The summed E-state index contributed by atoms with van der Waals surface area (Å²) in [5, 5.41) is 0.939. The molecular formula is C12H5Cl3FN3. The molecule has 96 valence electrons. The maximum atomic E-state index is 13.6. The van der Waals surface area contributed by atoms with Gasteiger partial charge in [0.2, 0.25) is 0 Å². The molecule has 7 heteroatoms. The van der Waals surface area contributed by atoms with Crippen molar-refractivity contribution >= 4 is 45.8 Å². The van der Waals surface area contributed by atoms with Crippen LogP contribution in [0, 0.1) is 5.82 Å². The van der Waals surface area contributed by atoms with Crippen molar-refractivity contribution in [1.29, 1.82) is 0 Å². The molecular weight excluding hydrogens is 312 g/mol. The fourth-order valence-corrected chi connectivity index (χ4v) is 2.54. The lowest BCUT2D eigenvalue weighted by Gasteiger charge is -2.02. The number of aromatic amines is 1. The number of hydrogen-bond donors (Lipinski definition) is 1. The minimum absolute atomic E-state index is 0.113. The third kappa shape index (κ3) is 2.06. The molecule has 0 atom stereocenters. The van der Waals surface area contributed by atoms with Crippen LogP contribution in [0.15, 0.2) is 24.4 Å². The number of rotatable bonds is 1. The molecule has 1 aromatic carbocycles. The average molecular weight is 317 g/mol. The minimum Gasteiger partial charge on any atom is -0.335 e. The Morgan fingerprint density at radius 3 is 2.42 bits per heavy atom. The van der Waals surface area contributed by atoms with Crippen molar-refractivity contribution in [3.05, 3.63) is 45.4 Å². The zero-order valence-corrected chi connectivity index (χ0v) is 11.5. The van der Waals surface area contributed by atoms with Gasteiger partial charge in [-0.25, -0.2) is 14.4 Å². The van der Waals surface area contributed by atoms with Gasteiger partial charge in [0.15, 0.2) is 11.0 Å². The van der Waals surface area contributed by atoms with Crippen molar-refractivity contribution in [2.75, 3.05) is 0 Å².